The van der Waals surface area contributed by atoms with Crippen molar-refractivity contribution >= 4 is 0 Å². The van der Waals surface area contributed by atoms with Gasteiger partial charge in [-0.25, -0.2) is 14.5 Å². The quantitative estimate of drug-likeness (QED) is 0.763. The number of aryl methyl sites for hydroxylation is 3. The Bertz CT molecular complexity index is 551. The summed E-state index contributed by atoms with van der Waals surface area (Å²) in [5.74, 6) is 0.670. The first kappa shape index (κ1) is 9.71. The van der Waals surface area contributed by atoms with E-state index >= 15 is 0 Å². The molecule has 2 rings (SSSR count). The van der Waals surface area contributed by atoms with Crippen LogP contribution in [0.3, 0.4) is 0 Å². The van der Waals surface area contributed by atoms with Gasteiger partial charge in [0.1, 0.15) is 5.82 Å². The minimum Gasteiger partial charge on any atom is -0.247 e. The summed E-state index contributed by atoms with van der Waals surface area (Å²) in [5, 5.41) is 6.30. The van der Waals surface area contributed by atoms with E-state index in [1.54, 1.807) is 11.5 Å². The molecule has 0 unspecified atom stereocenters. The Morgan fingerprint density at radius 1 is 1.20 bits per heavy atom. The van der Waals surface area contributed by atoms with Crippen LogP contribution in [0.1, 0.15) is 17.0 Å². The van der Waals surface area contributed by atoms with Crippen LogP contribution < -0.4 is 5.69 Å². The molecule has 1 aromatic heterocycles. The number of aromatic nitrogens is 3. The zero-order valence-corrected chi connectivity index (χ0v) is 9.03. The molecule has 0 atom stereocenters. The Hall–Kier alpha value is -1.84. The second kappa shape index (κ2) is 3.38. The molecule has 0 aliphatic rings. The molecule has 4 nitrogen and oxygen atoms in total. The summed E-state index contributed by atoms with van der Waals surface area (Å²) in [6, 6.07) is 5.91. The molecular weight excluding hydrogens is 190 g/mol. The van der Waals surface area contributed by atoms with Crippen molar-refractivity contribution in [3.8, 4) is 5.69 Å². The maximum atomic E-state index is 11.5. The van der Waals surface area contributed by atoms with Crippen LogP contribution in [0.4, 0.5) is 0 Å². The molecule has 0 saturated carbocycles. The fourth-order valence-corrected chi connectivity index (χ4v) is 1.54. The van der Waals surface area contributed by atoms with Gasteiger partial charge in [-0.15, -0.1) is 0 Å². The summed E-state index contributed by atoms with van der Waals surface area (Å²) in [4.78, 5) is 11.5. The topological polar surface area (TPSA) is 50.7 Å². The zero-order valence-electron chi connectivity index (χ0n) is 9.03. The second-order valence-electron chi connectivity index (χ2n) is 3.68. The lowest BCUT2D eigenvalue weighted by Crippen LogP contribution is -2.15. The minimum absolute atomic E-state index is 0.198. The highest BCUT2D eigenvalue weighted by Gasteiger charge is 2.06. The predicted molar refractivity (Wildman–Crippen MR) is 58.4 cm³/mol. The van der Waals surface area contributed by atoms with E-state index in [0.717, 1.165) is 5.69 Å². The lowest BCUT2D eigenvalue weighted by Gasteiger charge is -2.05. The normalized spacial score (nSPS) is 10.6. The molecule has 15 heavy (non-hydrogen) atoms. The molecule has 1 aromatic carbocycles. The van der Waals surface area contributed by atoms with Gasteiger partial charge < -0.3 is 0 Å². The lowest BCUT2D eigenvalue weighted by atomic mass is 10.1. The van der Waals surface area contributed by atoms with Crippen LogP contribution in [-0.2, 0) is 0 Å². The van der Waals surface area contributed by atoms with Gasteiger partial charge in [-0.3, -0.25) is 0 Å². The third-order valence-electron chi connectivity index (χ3n) is 2.59. The highest BCUT2D eigenvalue weighted by molar-refractivity contribution is 5.39. The number of aromatic amines is 1. The first-order valence-corrected chi connectivity index (χ1v) is 4.81. The average Bonchev–Trinajstić information content (AvgIpc) is 2.52. The first-order chi connectivity index (χ1) is 7.09. The van der Waals surface area contributed by atoms with Gasteiger partial charge in [0.05, 0.1) is 5.69 Å². The third-order valence-corrected chi connectivity index (χ3v) is 2.59. The fraction of sp³-hybridized carbons (Fsp3) is 0.273. The van der Waals surface area contributed by atoms with E-state index in [4.69, 9.17) is 0 Å². The van der Waals surface area contributed by atoms with Crippen LogP contribution in [0.15, 0.2) is 23.0 Å². The number of hydrogen-bond donors (Lipinski definition) is 1. The van der Waals surface area contributed by atoms with Crippen molar-refractivity contribution in [3.63, 3.8) is 0 Å². The maximum Gasteiger partial charge on any atom is 0.347 e. The molecule has 1 heterocycles. The van der Waals surface area contributed by atoms with E-state index in [0.29, 0.717) is 5.82 Å². The Balaban J connectivity index is 2.65. The van der Waals surface area contributed by atoms with Gasteiger partial charge in [-0.1, -0.05) is 6.07 Å². The first-order valence-electron chi connectivity index (χ1n) is 4.81. The summed E-state index contributed by atoms with van der Waals surface area (Å²) in [5.41, 5.74) is 3.04. The summed E-state index contributed by atoms with van der Waals surface area (Å²) >= 11 is 0. The minimum atomic E-state index is -0.198. The van der Waals surface area contributed by atoms with Crippen molar-refractivity contribution in [2.45, 2.75) is 20.8 Å². The monoisotopic (exact) mass is 203 g/mol. The van der Waals surface area contributed by atoms with Crippen molar-refractivity contribution in [1.29, 1.82) is 0 Å². The van der Waals surface area contributed by atoms with E-state index in [2.05, 4.69) is 10.2 Å². The molecule has 2 aromatic rings. The third kappa shape index (κ3) is 1.58. The number of hydrogen-bond acceptors (Lipinski definition) is 2. The molecule has 0 aliphatic heterocycles. The van der Waals surface area contributed by atoms with E-state index in [1.165, 1.54) is 11.1 Å². The Morgan fingerprint density at radius 3 is 2.47 bits per heavy atom. The molecule has 0 radical (unpaired) electrons. The van der Waals surface area contributed by atoms with Gasteiger partial charge in [0.2, 0.25) is 0 Å². The van der Waals surface area contributed by atoms with E-state index in [1.807, 2.05) is 32.0 Å². The molecule has 0 saturated heterocycles. The Kier molecular flexibility index (Phi) is 2.19. The number of H-pyrrole nitrogens is 1. The lowest BCUT2D eigenvalue weighted by molar-refractivity contribution is 0.941. The van der Waals surface area contributed by atoms with Crippen LogP contribution in [0.25, 0.3) is 5.69 Å². The van der Waals surface area contributed by atoms with Crippen LogP contribution in [0, 0.1) is 20.8 Å². The molecule has 1 N–H and O–H groups in total. The van der Waals surface area contributed by atoms with E-state index in [-0.39, 0.29) is 5.69 Å². The van der Waals surface area contributed by atoms with Crippen molar-refractivity contribution in [2.75, 3.05) is 0 Å². The van der Waals surface area contributed by atoms with Crippen molar-refractivity contribution in [2.24, 2.45) is 0 Å². The molecule has 0 amide bonds. The smallest absolute Gasteiger partial charge is 0.247 e. The van der Waals surface area contributed by atoms with Gasteiger partial charge in [-0.2, -0.15) is 5.10 Å². The zero-order chi connectivity index (χ0) is 11.0. The molecule has 0 spiro atoms. The van der Waals surface area contributed by atoms with Crippen LogP contribution in [0.2, 0.25) is 0 Å². The molecule has 0 fully saturated rings. The van der Waals surface area contributed by atoms with Crippen LogP contribution in [-0.4, -0.2) is 14.8 Å². The van der Waals surface area contributed by atoms with Gasteiger partial charge in [-0.05, 0) is 44.0 Å². The van der Waals surface area contributed by atoms with Crippen LogP contribution in [0.5, 0.6) is 0 Å². The SMILES string of the molecule is Cc1ccc(-n2c(C)n[nH]c2=O)cc1C. The number of nitrogens with one attached hydrogen (secondary N) is 1. The molecular formula is C11H13N3O. The number of nitrogens with zero attached hydrogens (tertiary/aromatic N) is 2. The van der Waals surface area contributed by atoms with Gasteiger partial charge in [0.25, 0.3) is 0 Å². The van der Waals surface area contributed by atoms with Crippen molar-refractivity contribution < 1.29 is 0 Å². The standard InChI is InChI=1S/C11H13N3O/c1-7-4-5-10(6-8(7)2)14-9(3)12-13-11(14)15/h4-6H,1-3H3,(H,13,15). The van der Waals surface area contributed by atoms with Gasteiger partial charge in [0, 0.05) is 0 Å². The summed E-state index contributed by atoms with van der Waals surface area (Å²) in [6.45, 7) is 5.87. The molecule has 0 bridgehead atoms. The highest BCUT2D eigenvalue weighted by atomic mass is 16.1. The summed E-state index contributed by atoms with van der Waals surface area (Å²) in [7, 11) is 0. The molecule has 4 heteroatoms. The highest BCUT2D eigenvalue weighted by Crippen LogP contribution is 2.13. The van der Waals surface area contributed by atoms with E-state index in [9.17, 15) is 4.79 Å². The number of rotatable bonds is 1. The predicted octanol–water partition coefficient (Wildman–Crippen LogP) is 1.49. The molecule has 78 valence electrons. The number of benzene rings is 1. The fourth-order valence-electron chi connectivity index (χ4n) is 1.54. The summed E-state index contributed by atoms with van der Waals surface area (Å²) < 4.78 is 1.56. The second-order valence-corrected chi connectivity index (χ2v) is 3.68. The summed E-state index contributed by atoms with van der Waals surface area (Å²) in [6.07, 6.45) is 0. The van der Waals surface area contributed by atoms with E-state index < -0.39 is 0 Å². The average molecular weight is 203 g/mol. The van der Waals surface area contributed by atoms with Gasteiger partial charge >= 0.3 is 5.69 Å². The Labute approximate surface area is 87.6 Å². The maximum absolute atomic E-state index is 11.5. The Morgan fingerprint density at radius 2 is 1.93 bits per heavy atom. The molecule has 0 aliphatic carbocycles. The van der Waals surface area contributed by atoms with Crippen molar-refractivity contribution in [1.82, 2.24) is 14.8 Å². The van der Waals surface area contributed by atoms with Gasteiger partial charge in [0.15, 0.2) is 0 Å². The van der Waals surface area contributed by atoms with Crippen LogP contribution >= 0.6 is 0 Å². The van der Waals surface area contributed by atoms with Crippen molar-refractivity contribution in [3.05, 3.63) is 45.6 Å². The largest absolute Gasteiger partial charge is 0.347 e.